The van der Waals surface area contributed by atoms with Gasteiger partial charge in [0.2, 0.25) is 0 Å². The van der Waals surface area contributed by atoms with Crippen LogP contribution in [-0.2, 0) is 4.57 Å². The lowest BCUT2D eigenvalue weighted by Crippen LogP contribution is -2.21. The van der Waals surface area contributed by atoms with Crippen molar-refractivity contribution in [3.8, 4) is 17.2 Å². The van der Waals surface area contributed by atoms with Crippen LogP contribution < -0.4 is 20.1 Å². The molecule has 0 saturated heterocycles. The van der Waals surface area contributed by atoms with E-state index in [0.717, 1.165) is 0 Å². The Labute approximate surface area is 179 Å². The van der Waals surface area contributed by atoms with Crippen molar-refractivity contribution >= 4 is 35.3 Å². The number of halogens is 2. The Kier molecular flexibility index (Phi) is 7.34. The summed E-state index contributed by atoms with van der Waals surface area (Å²) in [6.45, 7) is -2.13. The fraction of sp³-hybridized carbons (Fsp3) is 0.158. The summed E-state index contributed by atoms with van der Waals surface area (Å²) in [6, 6.07) is 9.11. The minimum absolute atomic E-state index is 0.00827. The molecule has 0 radical (unpaired) electrons. The maximum atomic E-state index is 12.9. The summed E-state index contributed by atoms with van der Waals surface area (Å²) >= 11 is 1.21. The number of carbonyl (C=O) groups excluding carboxylic acids is 1. The molecule has 0 fully saturated rings. The van der Waals surface area contributed by atoms with Gasteiger partial charge in [-0.15, -0.1) is 11.3 Å². The second-order valence-corrected chi connectivity index (χ2v) is 8.67. The molecule has 0 bridgehead atoms. The Hall–Kier alpha value is -2.85. The zero-order valence-corrected chi connectivity index (χ0v) is 17.5. The Morgan fingerprint density at radius 3 is 2.35 bits per heavy atom. The fourth-order valence-electron chi connectivity index (χ4n) is 2.43. The van der Waals surface area contributed by atoms with E-state index < -0.39 is 33.0 Å². The number of anilines is 1. The van der Waals surface area contributed by atoms with E-state index >= 15 is 0 Å². The molecular weight excluding hydrogens is 453 g/mol. The highest BCUT2D eigenvalue weighted by molar-refractivity contribution is 7.60. The number of nitrogens with one attached hydrogen (secondary N) is 1. The number of benzene rings is 2. The maximum Gasteiger partial charge on any atom is 0.356 e. The Bertz CT molecular complexity index is 1070. The van der Waals surface area contributed by atoms with Crippen LogP contribution in [0.1, 0.15) is 10.4 Å². The molecule has 3 aromatic rings. The molecule has 0 aliphatic carbocycles. The second kappa shape index (κ2) is 9.97. The molecule has 0 unspecified atom stereocenters. The van der Waals surface area contributed by atoms with E-state index in [-0.39, 0.29) is 28.1 Å². The normalized spacial score (nSPS) is 11.4. The monoisotopic (exact) mass is 470 g/mol. The number of aromatic nitrogens is 1. The van der Waals surface area contributed by atoms with E-state index in [1.807, 2.05) is 0 Å². The van der Waals surface area contributed by atoms with Gasteiger partial charge in [0.15, 0.2) is 11.2 Å². The van der Waals surface area contributed by atoms with Gasteiger partial charge in [0.25, 0.3) is 5.91 Å². The first-order valence-corrected chi connectivity index (χ1v) is 11.3. The molecular formula is C19H17F2N2O6PS. The first-order chi connectivity index (χ1) is 14.8. The third kappa shape index (κ3) is 6.31. The van der Waals surface area contributed by atoms with Crippen LogP contribution in [0.15, 0.2) is 54.0 Å². The van der Waals surface area contributed by atoms with Crippen molar-refractivity contribution in [3.05, 3.63) is 59.6 Å². The zero-order chi connectivity index (χ0) is 22.4. The predicted octanol–water partition coefficient (Wildman–Crippen LogP) is 3.68. The van der Waals surface area contributed by atoms with Crippen LogP contribution in [0.4, 0.5) is 13.9 Å². The average molecular weight is 470 g/mol. The Morgan fingerprint density at radius 1 is 1.10 bits per heavy atom. The third-order valence-corrected chi connectivity index (χ3v) is 5.51. The topological polar surface area (TPSA) is 118 Å². The molecule has 31 heavy (non-hydrogen) atoms. The molecule has 0 spiro atoms. The van der Waals surface area contributed by atoms with Crippen LogP contribution in [0.25, 0.3) is 0 Å². The highest BCUT2D eigenvalue weighted by Gasteiger charge is 2.18. The summed E-state index contributed by atoms with van der Waals surface area (Å²) < 4.78 is 48.0. The zero-order valence-electron chi connectivity index (χ0n) is 15.8. The van der Waals surface area contributed by atoms with Gasteiger partial charge >= 0.3 is 7.60 Å². The van der Waals surface area contributed by atoms with Crippen LogP contribution in [0, 0.1) is 0 Å². The molecule has 0 atom stereocenters. The summed E-state index contributed by atoms with van der Waals surface area (Å²) in [5, 5.41) is 4.44. The molecule has 3 N–H and O–H groups in total. The number of ether oxygens (including phenoxy) is 2. The largest absolute Gasteiger partial charge is 0.485 e. The molecule has 0 aliphatic rings. The number of carbonyl (C=O) groups is 1. The van der Waals surface area contributed by atoms with Gasteiger partial charge in [-0.25, -0.2) is 13.8 Å². The number of hydrogen-bond donors (Lipinski definition) is 3. The second-order valence-electron chi connectivity index (χ2n) is 6.17. The van der Waals surface area contributed by atoms with Crippen molar-refractivity contribution in [2.24, 2.45) is 0 Å². The lowest BCUT2D eigenvalue weighted by Gasteiger charge is -2.15. The van der Waals surface area contributed by atoms with Crippen molar-refractivity contribution in [1.82, 2.24) is 4.98 Å². The van der Waals surface area contributed by atoms with Crippen molar-refractivity contribution in [2.75, 3.05) is 18.7 Å². The van der Waals surface area contributed by atoms with E-state index in [1.165, 1.54) is 60.0 Å². The number of nitrogens with zero attached hydrogens (tertiary/aromatic N) is 1. The number of amides is 1. The number of hydrogen-bond acceptors (Lipinski definition) is 6. The van der Waals surface area contributed by atoms with E-state index in [4.69, 9.17) is 9.47 Å². The van der Waals surface area contributed by atoms with Gasteiger partial charge in [-0.05, 0) is 36.4 Å². The summed E-state index contributed by atoms with van der Waals surface area (Å²) in [6.07, 6.45) is 0.176. The van der Waals surface area contributed by atoms with Gasteiger partial charge < -0.3 is 19.3 Å². The van der Waals surface area contributed by atoms with Gasteiger partial charge in [-0.1, -0.05) is 0 Å². The minimum atomic E-state index is -4.40. The third-order valence-electron chi connectivity index (χ3n) is 3.85. The van der Waals surface area contributed by atoms with Crippen LogP contribution in [0.3, 0.4) is 0 Å². The standard InChI is InChI=1S/C19H17F2N2O6PS/c20-10-16(11-21)29-15-8-12(18(24)23-19-22-5-6-31-19)7-14(9-15)28-13-1-3-17(4-2-13)30(25,26)27/h1-9,16H,10-11H2,(H,22,23,24)(H2,25,26,27). The van der Waals surface area contributed by atoms with Gasteiger partial charge in [0.1, 0.15) is 30.6 Å². The van der Waals surface area contributed by atoms with Gasteiger partial charge in [-0.2, -0.15) is 0 Å². The van der Waals surface area contributed by atoms with E-state index in [9.17, 15) is 27.9 Å². The summed E-state index contributed by atoms with van der Waals surface area (Å²) in [7, 11) is -4.40. The van der Waals surface area contributed by atoms with Crippen LogP contribution in [-0.4, -0.2) is 40.1 Å². The summed E-state index contributed by atoms with van der Waals surface area (Å²) in [5.74, 6) is -0.205. The molecule has 164 valence electrons. The fourth-order valence-corrected chi connectivity index (χ4v) is 3.49. The Balaban J connectivity index is 1.88. The molecule has 0 saturated carbocycles. The number of thiazole rings is 1. The molecule has 3 rings (SSSR count). The highest BCUT2D eigenvalue weighted by atomic mass is 32.1. The quantitative estimate of drug-likeness (QED) is 0.409. The van der Waals surface area contributed by atoms with Crippen LogP contribution in [0.5, 0.6) is 17.2 Å². The highest BCUT2D eigenvalue weighted by Crippen LogP contribution is 2.34. The van der Waals surface area contributed by atoms with Gasteiger partial charge in [-0.3, -0.25) is 14.7 Å². The molecule has 0 aliphatic heterocycles. The first kappa shape index (κ1) is 22.8. The number of rotatable bonds is 9. The lowest BCUT2D eigenvalue weighted by molar-refractivity contribution is 0.102. The molecule has 1 heterocycles. The molecule has 1 amide bonds. The van der Waals surface area contributed by atoms with Crippen molar-refractivity contribution < 1.29 is 37.4 Å². The van der Waals surface area contributed by atoms with E-state index in [2.05, 4.69) is 10.3 Å². The molecule has 8 nitrogen and oxygen atoms in total. The van der Waals surface area contributed by atoms with Crippen LogP contribution in [0.2, 0.25) is 0 Å². The molecule has 12 heteroatoms. The Morgan fingerprint density at radius 2 is 1.77 bits per heavy atom. The minimum Gasteiger partial charge on any atom is -0.485 e. The predicted molar refractivity (Wildman–Crippen MR) is 111 cm³/mol. The lowest BCUT2D eigenvalue weighted by atomic mass is 10.2. The smallest absolute Gasteiger partial charge is 0.356 e. The molecule has 1 aromatic heterocycles. The van der Waals surface area contributed by atoms with E-state index in [0.29, 0.717) is 5.13 Å². The SMILES string of the molecule is O=C(Nc1nccs1)c1cc(Oc2ccc(P(=O)(O)O)cc2)cc(OC(CF)CF)c1. The summed E-state index contributed by atoms with van der Waals surface area (Å²) in [4.78, 5) is 34.9. The summed E-state index contributed by atoms with van der Waals surface area (Å²) in [5.41, 5.74) is 0.0889. The van der Waals surface area contributed by atoms with Crippen molar-refractivity contribution in [3.63, 3.8) is 0 Å². The van der Waals surface area contributed by atoms with E-state index in [1.54, 1.807) is 5.38 Å². The first-order valence-electron chi connectivity index (χ1n) is 8.77. The van der Waals surface area contributed by atoms with Crippen molar-refractivity contribution in [2.45, 2.75) is 6.10 Å². The van der Waals surface area contributed by atoms with Crippen molar-refractivity contribution in [1.29, 1.82) is 0 Å². The van der Waals surface area contributed by atoms with Crippen LogP contribution >= 0.6 is 18.9 Å². The van der Waals surface area contributed by atoms with Gasteiger partial charge in [0.05, 0.1) is 5.30 Å². The number of alkyl halides is 2. The molecule has 2 aromatic carbocycles. The maximum absolute atomic E-state index is 12.9. The van der Waals surface area contributed by atoms with Gasteiger partial charge in [0, 0.05) is 23.2 Å². The average Bonchev–Trinajstić information content (AvgIpc) is 3.24.